The van der Waals surface area contributed by atoms with Crippen LogP contribution in [-0.4, -0.2) is 111 Å². The van der Waals surface area contributed by atoms with Crippen LogP contribution >= 0.6 is 0 Å². The number of phenols is 2. The molecule has 2 fully saturated rings. The Hall–Kier alpha value is -3.57. The Balaban J connectivity index is 0.00000144. The minimum Gasteiger partial charge on any atom is -0.507 e. The molecule has 1 aliphatic carbocycles. The van der Waals surface area contributed by atoms with Gasteiger partial charge in [0, 0.05) is 45.9 Å². The molecule has 0 aromatic heterocycles. The van der Waals surface area contributed by atoms with E-state index in [0.717, 1.165) is 93.5 Å². The zero-order chi connectivity index (χ0) is 38.6. The van der Waals surface area contributed by atoms with Crippen molar-refractivity contribution in [2.45, 2.75) is 129 Å². The summed E-state index contributed by atoms with van der Waals surface area (Å²) < 4.78 is 2.37. The van der Waals surface area contributed by atoms with Crippen LogP contribution in [0.1, 0.15) is 128 Å². The zero-order valence-electron chi connectivity index (χ0n) is 33.7. The molecule has 2 atom stereocenters. The summed E-state index contributed by atoms with van der Waals surface area (Å²) in [6.45, 7) is 25.2. The van der Waals surface area contributed by atoms with Gasteiger partial charge >= 0.3 is 12.1 Å². The molecule has 5 rings (SSSR count). The van der Waals surface area contributed by atoms with Crippen LogP contribution in [-0.2, 0) is 39.4 Å². The van der Waals surface area contributed by atoms with E-state index in [9.17, 15) is 10.2 Å². The maximum atomic E-state index is 11.5. The summed E-state index contributed by atoms with van der Waals surface area (Å²) in [5.74, 6) is 2.05. The number of aryl methyl sites for hydroxylation is 1. The average molecular weight is 778 g/mol. The van der Waals surface area contributed by atoms with E-state index in [1.165, 1.54) is 17.1 Å². The van der Waals surface area contributed by atoms with Gasteiger partial charge in [0.15, 0.2) is 0 Å². The summed E-state index contributed by atoms with van der Waals surface area (Å²) in [6.07, 6.45) is 7.94. The Kier molecular flexibility index (Phi) is 14.6. The standard InChI is InChI=1S/C41H61N5O2.CH2O3.Co/c1-39(2,3)31-22-28(14-13-17-45-20-21-46-19-18-44(10)38(45)46)36(47)29(23-31)26-42-34-15-11-12-16-35(34)43-27-30-24-32(40(4,5)6)25-33(37(30)48)41(7,8)9;2-1(3)4;/h22-27,34-35H,11-21H2,1-10H3,(H-,42,43,47,48);(H2,2,3,4);/p+1. The number of nitrogens with zero attached hydrogens (tertiary/aromatic N) is 5. The molecule has 0 amide bonds. The number of hydrogen-bond acceptors (Lipinski definition) is 7. The van der Waals surface area contributed by atoms with Gasteiger partial charge in [-0.25, -0.2) is 4.79 Å². The summed E-state index contributed by atoms with van der Waals surface area (Å²) in [5.41, 5.74) is 5.67. The number of benzene rings is 2. The van der Waals surface area contributed by atoms with Gasteiger partial charge in [-0.15, -0.1) is 0 Å². The van der Waals surface area contributed by atoms with Gasteiger partial charge in [-0.3, -0.25) is 24.4 Å². The number of carboxylic acid groups (broad SMARTS) is 2. The molecule has 295 valence electrons. The molecule has 1 radical (unpaired) electrons. The Morgan fingerprint density at radius 2 is 1.30 bits per heavy atom. The fourth-order valence-corrected chi connectivity index (χ4v) is 7.37. The first-order valence-electron chi connectivity index (χ1n) is 19.0. The number of likely N-dealkylation sites (N-methyl/N-ethyl adjacent to an activating group) is 1. The fraction of sp³-hybridized carbons (Fsp3) is 0.619. The van der Waals surface area contributed by atoms with Crippen molar-refractivity contribution >= 4 is 24.5 Å². The molecule has 0 bridgehead atoms. The summed E-state index contributed by atoms with van der Waals surface area (Å²) in [4.78, 5) is 23.7. The van der Waals surface area contributed by atoms with Gasteiger partial charge in [-0.05, 0) is 70.8 Å². The van der Waals surface area contributed by atoms with E-state index in [-0.39, 0.29) is 45.1 Å². The van der Waals surface area contributed by atoms with Crippen LogP contribution in [0.5, 0.6) is 11.5 Å². The first kappa shape index (κ1) is 43.8. The van der Waals surface area contributed by atoms with Gasteiger partial charge in [0.2, 0.25) is 0 Å². The number of carbonyl (C=O) groups is 1. The fourth-order valence-electron chi connectivity index (χ4n) is 7.37. The number of phenolic OH excluding ortho intramolecular Hbond substituents is 2. The average Bonchev–Trinajstić information content (AvgIpc) is 3.61. The molecule has 2 unspecified atom stereocenters. The van der Waals surface area contributed by atoms with E-state index < -0.39 is 6.16 Å². The van der Waals surface area contributed by atoms with E-state index in [2.05, 4.69) is 108 Å². The maximum Gasteiger partial charge on any atom is 0.503 e. The summed E-state index contributed by atoms with van der Waals surface area (Å²) in [7, 11) is 2.19. The number of hydrogen-bond donors (Lipinski definition) is 4. The maximum absolute atomic E-state index is 11.5. The molecule has 2 aromatic carbocycles. The van der Waals surface area contributed by atoms with Crippen molar-refractivity contribution in [3.8, 4) is 11.5 Å². The van der Waals surface area contributed by atoms with Crippen molar-refractivity contribution in [3.05, 3.63) is 57.6 Å². The molecule has 2 heterocycles. The molecular formula is C42H64CoN5O5+. The number of rotatable bonds is 8. The normalized spacial score (nSPS) is 19.4. The Morgan fingerprint density at radius 1 is 0.792 bits per heavy atom. The smallest absolute Gasteiger partial charge is 0.503 e. The van der Waals surface area contributed by atoms with E-state index in [4.69, 9.17) is 25.0 Å². The van der Waals surface area contributed by atoms with Crippen LogP contribution in [0.3, 0.4) is 0 Å². The van der Waals surface area contributed by atoms with Gasteiger partial charge in [-0.2, -0.15) is 0 Å². The molecular weight excluding hydrogens is 713 g/mol. The van der Waals surface area contributed by atoms with Crippen LogP contribution in [0.25, 0.3) is 0 Å². The van der Waals surface area contributed by atoms with Gasteiger partial charge in [0.05, 0.1) is 51.9 Å². The number of aliphatic imine (C=N–C) groups is 2. The zero-order valence-corrected chi connectivity index (χ0v) is 34.7. The topological polar surface area (TPSA) is 132 Å². The first-order chi connectivity index (χ1) is 24.2. The van der Waals surface area contributed by atoms with Crippen LogP contribution in [0, 0.1) is 0 Å². The van der Waals surface area contributed by atoms with Gasteiger partial charge in [0.25, 0.3) is 0 Å². The Labute approximate surface area is 327 Å². The van der Waals surface area contributed by atoms with Crippen LogP contribution in [0.4, 0.5) is 4.79 Å². The summed E-state index contributed by atoms with van der Waals surface area (Å²) in [5, 5.41) is 36.8. The molecule has 10 nitrogen and oxygen atoms in total. The largest absolute Gasteiger partial charge is 0.507 e. The Morgan fingerprint density at radius 3 is 1.81 bits per heavy atom. The predicted molar refractivity (Wildman–Crippen MR) is 212 cm³/mol. The number of fused-ring (bicyclic) bond motifs is 1. The second-order valence-corrected chi connectivity index (χ2v) is 17.8. The van der Waals surface area contributed by atoms with Crippen LogP contribution in [0.15, 0.2) is 34.3 Å². The minimum atomic E-state index is -1.83. The van der Waals surface area contributed by atoms with Crippen LogP contribution < -0.4 is 0 Å². The predicted octanol–water partition coefficient (Wildman–Crippen LogP) is 7.62. The minimum absolute atomic E-state index is 0. The monoisotopic (exact) mass is 777 g/mol. The van der Waals surface area contributed by atoms with Gasteiger partial charge in [-0.1, -0.05) is 87.3 Å². The van der Waals surface area contributed by atoms with Crippen molar-refractivity contribution in [2.75, 3.05) is 39.8 Å². The second kappa shape index (κ2) is 17.7. The van der Waals surface area contributed by atoms with E-state index >= 15 is 0 Å². The van der Waals surface area contributed by atoms with Crippen molar-refractivity contribution in [3.63, 3.8) is 0 Å². The quantitative estimate of drug-likeness (QED) is 0.160. The van der Waals surface area contributed by atoms with Crippen molar-refractivity contribution < 1.29 is 46.6 Å². The Bertz CT molecular complexity index is 1680. The molecule has 11 heteroatoms. The summed E-state index contributed by atoms with van der Waals surface area (Å²) >= 11 is 0. The number of aromatic hydroxyl groups is 2. The van der Waals surface area contributed by atoms with Crippen molar-refractivity contribution in [1.29, 1.82) is 0 Å². The second-order valence-electron chi connectivity index (χ2n) is 17.8. The third kappa shape index (κ3) is 11.5. The van der Waals surface area contributed by atoms with Crippen LogP contribution in [0.2, 0.25) is 0 Å². The third-order valence-corrected chi connectivity index (χ3v) is 10.5. The van der Waals surface area contributed by atoms with Gasteiger partial charge < -0.3 is 20.4 Å². The SMILES string of the molecule is C[N+]1=C2N(CCCc3cc(C(C)(C)C)cc(C=NC4CCCCC4N=Cc4cc(C(C)(C)C)cc(C(C)(C)C)c4O)c3O)CCN2CC1.O=C(O)O.[Co]. The third-order valence-electron chi connectivity index (χ3n) is 10.5. The van der Waals surface area contributed by atoms with Crippen molar-refractivity contribution in [1.82, 2.24) is 9.80 Å². The van der Waals surface area contributed by atoms with E-state index in [0.29, 0.717) is 11.5 Å². The summed E-state index contributed by atoms with van der Waals surface area (Å²) in [6, 6.07) is 8.64. The molecule has 4 N–H and O–H groups in total. The molecule has 53 heavy (non-hydrogen) atoms. The van der Waals surface area contributed by atoms with Gasteiger partial charge in [0.1, 0.15) is 11.5 Å². The molecule has 1 saturated heterocycles. The first-order valence-corrected chi connectivity index (χ1v) is 19.0. The van der Waals surface area contributed by atoms with E-state index in [1.54, 1.807) is 0 Å². The van der Waals surface area contributed by atoms with Crippen molar-refractivity contribution in [2.24, 2.45) is 9.98 Å². The molecule has 2 aromatic rings. The molecule has 2 aliphatic heterocycles. The van der Waals surface area contributed by atoms with E-state index in [1.807, 2.05) is 12.4 Å². The molecule has 3 aliphatic rings. The number of guanidine groups is 1. The molecule has 0 spiro atoms. The molecule has 1 saturated carbocycles.